The molecule has 6 heteroatoms. The van der Waals surface area contributed by atoms with Crippen molar-refractivity contribution in [3.8, 4) is 0 Å². The summed E-state index contributed by atoms with van der Waals surface area (Å²) < 4.78 is 16.3. The first-order valence-electron chi connectivity index (χ1n) is 7.71. The van der Waals surface area contributed by atoms with Crippen LogP contribution in [0.1, 0.15) is 29.7 Å². The number of likely N-dealkylation sites (tertiary alicyclic amines) is 1. The molecule has 2 heterocycles. The van der Waals surface area contributed by atoms with Gasteiger partial charge in [-0.25, -0.2) is 9.37 Å². The number of amides is 1. The van der Waals surface area contributed by atoms with Gasteiger partial charge in [-0.3, -0.25) is 4.79 Å². The van der Waals surface area contributed by atoms with Crippen LogP contribution in [0.25, 0.3) is 0 Å². The fourth-order valence-corrected chi connectivity index (χ4v) is 3.73. The monoisotopic (exact) mass is 333 g/mol. The summed E-state index contributed by atoms with van der Waals surface area (Å²) in [5.74, 6) is -0.210. The van der Waals surface area contributed by atoms with Gasteiger partial charge in [0, 0.05) is 30.4 Å². The summed E-state index contributed by atoms with van der Waals surface area (Å²) in [4.78, 5) is 19.4. The molecule has 0 saturated carbocycles. The Morgan fingerprint density at radius 3 is 2.96 bits per heavy atom. The molecule has 0 N–H and O–H groups in total. The molecule has 2 aromatic rings. The van der Waals surface area contributed by atoms with Crippen LogP contribution < -0.4 is 0 Å². The van der Waals surface area contributed by atoms with Gasteiger partial charge in [0.2, 0.25) is 0 Å². The van der Waals surface area contributed by atoms with E-state index in [1.54, 1.807) is 29.6 Å². The third kappa shape index (κ3) is 3.13. The highest BCUT2D eigenvalue weighted by atomic mass is 32.2. The Balaban J connectivity index is 1.86. The molecule has 4 nitrogen and oxygen atoms in total. The van der Waals surface area contributed by atoms with Crippen LogP contribution in [0.5, 0.6) is 0 Å². The number of carbonyl (C=O) groups is 1. The first-order valence-corrected chi connectivity index (χ1v) is 8.93. The van der Waals surface area contributed by atoms with E-state index in [2.05, 4.69) is 11.9 Å². The van der Waals surface area contributed by atoms with E-state index in [1.807, 2.05) is 17.0 Å². The van der Waals surface area contributed by atoms with Gasteiger partial charge in [0.1, 0.15) is 5.82 Å². The molecule has 1 aliphatic rings. The minimum absolute atomic E-state index is 0.180. The van der Waals surface area contributed by atoms with E-state index in [1.165, 1.54) is 17.8 Å². The van der Waals surface area contributed by atoms with Gasteiger partial charge in [-0.1, -0.05) is 13.0 Å². The van der Waals surface area contributed by atoms with Crippen molar-refractivity contribution in [1.29, 1.82) is 0 Å². The zero-order chi connectivity index (χ0) is 16.4. The van der Waals surface area contributed by atoms with Crippen molar-refractivity contribution >= 4 is 17.7 Å². The molecule has 1 amide bonds. The summed E-state index contributed by atoms with van der Waals surface area (Å²) in [6.45, 7) is 3.43. The average Bonchev–Trinajstić information content (AvgIpc) is 3.08. The summed E-state index contributed by atoms with van der Waals surface area (Å²) >= 11 is 1.40. The van der Waals surface area contributed by atoms with Crippen molar-refractivity contribution in [2.24, 2.45) is 5.92 Å². The Labute approximate surface area is 139 Å². The largest absolute Gasteiger partial charge is 0.336 e. The van der Waals surface area contributed by atoms with Gasteiger partial charge in [-0.05, 0) is 30.7 Å². The summed E-state index contributed by atoms with van der Waals surface area (Å²) in [6, 6.07) is 4.97. The van der Waals surface area contributed by atoms with E-state index in [0.717, 1.165) is 6.42 Å². The number of benzene rings is 1. The van der Waals surface area contributed by atoms with Crippen molar-refractivity contribution < 1.29 is 9.18 Å². The van der Waals surface area contributed by atoms with E-state index >= 15 is 0 Å². The van der Waals surface area contributed by atoms with E-state index in [4.69, 9.17) is 0 Å². The number of nitrogens with zero attached hydrogens (tertiary/aromatic N) is 3. The second-order valence-electron chi connectivity index (χ2n) is 5.91. The number of rotatable bonds is 3. The molecular formula is C17H20FN3OS. The van der Waals surface area contributed by atoms with Gasteiger partial charge in [-0.15, -0.1) is 11.8 Å². The van der Waals surface area contributed by atoms with Crippen LogP contribution in [-0.2, 0) is 0 Å². The van der Waals surface area contributed by atoms with Gasteiger partial charge in [0.15, 0.2) is 0 Å². The highest BCUT2D eigenvalue weighted by molar-refractivity contribution is 7.98. The third-order valence-corrected chi connectivity index (χ3v) is 5.30. The number of thioether (sulfide) groups is 1. The lowest BCUT2D eigenvalue weighted by atomic mass is 9.93. The van der Waals surface area contributed by atoms with Gasteiger partial charge >= 0.3 is 0 Å². The maximum absolute atomic E-state index is 14.2. The first kappa shape index (κ1) is 16.1. The summed E-state index contributed by atoms with van der Waals surface area (Å²) in [6.07, 6.45) is 8.21. The summed E-state index contributed by atoms with van der Waals surface area (Å²) in [7, 11) is 0. The molecular weight excluding hydrogens is 313 g/mol. The standard InChI is InChI=1S/C17H20FN3OS/c1-12-6-8-20(10-14(12)21-9-7-19-11-21)17(22)16-13(18)4-3-5-15(16)23-2/h3-5,7,9,11-12,14H,6,8,10H2,1-2H3/t12-,14+/m0/s1. The molecule has 122 valence electrons. The zero-order valence-electron chi connectivity index (χ0n) is 13.3. The van der Waals surface area contributed by atoms with Crippen molar-refractivity contribution in [3.05, 3.63) is 48.3 Å². The molecule has 23 heavy (non-hydrogen) atoms. The van der Waals surface area contributed by atoms with Crippen molar-refractivity contribution in [2.75, 3.05) is 19.3 Å². The molecule has 0 unspecified atom stereocenters. The molecule has 0 radical (unpaired) electrons. The number of aromatic nitrogens is 2. The Morgan fingerprint density at radius 2 is 2.26 bits per heavy atom. The second-order valence-corrected chi connectivity index (χ2v) is 6.76. The van der Waals surface area contributed by atoms with Crippen LogP contribution >= 0.6 is 11.8 Å². The first-order chi connectivity index (χ1) is 11.1. The van der Waals surface area contributed by atoms with E-state index in [0.29, 0.717) is 23.9 Å². The topological polar surface area (TPSA) is 38.1 Å². The van der Waals surface area contributed by atoms with Gasteiger partial charge in [0.25, 0.3) is 5.91 Å². The predicted octanol–water partition coefficient (Wildman–Crippen LogP) is 3.47. The number of halogens is 1. The number of hydrogen-bond acceptors (Lipinski definition) is 3. The molecule has 0 bridgehead atoms. The molecule has 3 rings (SSSR count). The molecule has 1 aromatic heterocycles. The number of hydrogen-bond donors (Lipinski definition) is 0. The second kappa shape index (κ2) is 6.74. The Bertz CT molecular complexity index is 689. The molecule has 0 aliphatic carbocycles. The van der Waals surface area contributed by atoms with Crippen LogP contribution in [-0.4, -0.2) is 39.7 Å². The third-order valence-electron chi connectivity index (χ3n) is 4.52. The highest BCUT2D eigenvalue weighted by Crippen LogP contribution is 2.30. The quantitative estimate of drug-likeness (QED) is 0.807. The van der Waals surface area contributed by atoms with Crippen molar-refractivity contribution in [1.82, 2.24) is 14.5 Å². The lowest BCUT2D eigenvalue weighted by Crippen LogP contribution is -2.44. The highest BCUT2D eigenvalue weighted by Gasteiger charge is 2.32. The minimum Gasteiger partial charge on any atom is -0.336 e. The fourth-order valence-electron chi connectivity index (χ4n) is 3.13. The van der Waals surface area contributed by atoms with E-state index < -0.39 is 5.82 Å². The molecule has 1 fully saturated rings. The smallest absolute Gasteiger partial charge is 0.258 e. The Kier molecular flexibility index (Phi) is 4.71. The van der Waals surface area contributed by atoms with Crippen LogP contribution in [0.2, 0.25) is 0 Å². The zero-order valence-corrected chi connectivity index (χ0v) is 14.1. The lowest BCUT2D eigenvalue weighted by Gasteiger charge is -2.38. The maximum atomic E-state index is 14.2. The van der Waals surface area contributed by atoms with E-state index in [-0.39, 0.29) is 17.5 Å². The van der Waals surface area contributed by atoms with Crippen LogP contribution in [0.3, 0.4) is 0 Å². The van der Waals surface area contributed by atoms with Crippen LogP contribution in [0.4, 0.5) is 4.39 Å². The number of carbonyl (C=O) groups excluding carboxylic acids is 1. The lowest BCUT2D eigenvalue weighted by molar-refractivity contribution is 0.0613. The van der Waals surface area contributed by atoms with E-state index in [9.17, 15) is 9.18 Å². The molecule has 1 saturated heterocycles. The number of piperidine rings is 1. The average molecular weight is 333 g/mol. The molecule has 2 atom stereocenters. The fraction of sp³-hybridized carbons (Fsp3) is 0.412. The van der Waals surface area contributed by atoms with Gasteiger partial charge in [0.05, 0.1) is 17.9 Å². The van der Waals surface area contributed by atoms with Crippen LogP contribution in [0.15, 0.2) is 41.8 Å². The summed E-state index contributed by atoms with van der Waals surface area (Å²) in [5, 5.41) is 0. The Morgan fingerprint density at radius 1 is 1.43 bits per heavy atom. The Hall–Kier alpha value is -1.82. The van der Waals surface area contributed by atoms with Crippen molar-refractivity contribution in [2.45, 2.75) is 24.3 Å². The van der Waals surface area contributed by atoms with Gasteiger partial charge in [-0.2, -0.15) is 0 Å². The minimum atomic E-state index is -0.445. The predicted molar refractivity (Wildman–Crippen MR) is 89.1 cm³/mol. The molecule has 1 aromatic carbocycles. The number of imidazole rings is 1. The normalized spacial score (nSPS) is 21.4. The van der Waals surface area contributed by atoms with Crippen LogP contribution in [0, 0.1) is 11.7 Å². The maximum Gasteiger partial charge on any atom is 0.258 e. The molecule has 1 aliphatic heterocycles. The SMILES string of the molecule is CSc1cccc(F)c1C(=O)N1CC[C@H](C)[C@H](n2ccnc2)C1. The van der Waals surface area contributed by atoms with Gasteiger partial charge < -0.3 is 9.47 Å². The van der Waals surface area contributed by atoms with Crippen molar-refractivity contribution in [3.63, 3.8) is 0 Å². The molecule has 0 spiro atoms. The summed E-state index contributed by atoms with van der Waals surface area (Å²) in [5.41, 5.74) is 0.193.